The van der Waals surface area contributed by atoms with Crippen LogP contribution < -0.4 is 5.32 Å². The minimum atomic E-state index is -0.195. The average molecular weight is 220 g/mol. The van der Waals surface area contributed by atoms with Gasteiger partial charge in [-0.1, -0.05) is 12.1 Å². The van der Waals surface area contributed by atoms with Gasteiger partial charge in [-0.2, -0.15) is 0 Å². The molecule has 2 rings (SSSR count). The maximum atomic E-state index is 13.4. The molecule has 0 aliphatic rings. The van der Waals surface area contributed by atoms with Crippen LogP contribution in [0.25, 0.3) is 10.9 Å². The molecule has 0 bridgehead atoms. The van der Waals surface area contributed by atoms with E-state index in [2.05, 4.69) is 31.1 Å². The van der Waals surface area contributed by atoms with Crippen molar-refractivity contribution in [1.82, 2.24) is 10.3 Å². The minimum absolute atomic E-state index is 0.0653. The highest BCUT2D eigenvalue weighted by atomic mass is 19.1. The summed E-state index contributed by atoms with van der Waals surface area (Å²) < 4.78 is 13.4. The molecule has 0 unspecified atom stereocenters. The second-order valence-corrected chi connectivity index (χ2v) is 5.10. The van der Waals surface area contributed by atoms with E-state index in [0.29, 0.717) is 5.52 Å². The summed E-state index contributed by atoms with van der Waals surface area (Å²) in [5.74, 6) is -0.195. The van der Waals surface area contributed by atoms with Crippen molar-refractivity contribution in [2.24, 2.45) is 0 Å². The number of halogens is 1. The molecule has 1 aromatic heterocycles. The Morgan fingerprint density at radius 3 is 2.69 bits per heavy atom. The Balaban J connectivity index is 2.24. The Morgan fingerprint density at radius 1 is 1.31 bits per heavy atom. The summed E-state index contributed by atoms with van der Waals surface area (Å²) in [4.78, 5) is 3.10. The number of hydrogen-bond donors (Lipinski definition) is 2. The lowest BCUT2D eigenvalue weighted by Crippen LogP contribution is -2.35. The zero-order valence-electron chi connectivity index (χ0n) is 9.89. The van der Waals surface area contributed by atoms with Crippen LogP contribution in [0.3, 0.4) is 0 Å². The first-order valence-electron chi connectivity index (χ1n) is 5.47. The summed E-state index contributed by atoms with van der Waals surface area (Å²) in [6.45, 7) is 7.04. The Bertz CT molecular complexity index is 494. The Labute approximate surface area is 94.9 Å². The first-order valence-corrected chi connectivity index (χ1v) is 5.47. The zero-order chi connectivity index (χ0) is 11.8. The van der Waals surface area contributed by atoms with E-state index in [1.807, 2.05) is 12.1 Å². The van der Waals surface area contributed by atoms with E-state index in [1.54, 1.807) is 6.07 Å². The third-order valence-electron chi connectivity index (χ3n) is 2.47. The maximum absolute atomic E-state index is 13.4. The molecule has 0 saturated carbocycles. The molecular weight excluding hydrogens is 203 g/mol. The number of H-pyrrole nitrogens is 1. The van der Waals surface area contributed by atoms with Crippen LogP contribution >= 0.6 is 0 Å². The smallest absolute Gasteiger partial charge is 0.147 e. The molecule has 0 radical (unpaired) electrons. The molecule has 0 atom stereocenters. The third-order valence-corrected chi connectivity index (χ3v) is 2.47. The molecule has 0 amide bonds. The Morgan fingerprint density at radius 2 is 2.06 bits per heavy atom. The summed E-state index contributed by atoms with van der Waals surface area (Å²) in [7, 11) is 0. The van der Waals surface area contributed by atoms with Gasteiger partial charge in [0.05, 0.1) is 5.52 Å². The van der Waals surface area contributed by atoms with E-state index in [9.17, 15) is 4.39 Å². The largest absolute Gasteiger partial charge is 0.355 e. The zero-order valence-corrected chi connectivity index (χ0v) is 9.89. The van der Waals surface area contributed by atoms with Crippen LogP contribution in [0.1, 0.15) is 26.5 Å². The topological polar surface area (TPSA) is 27.8 Å². The molecule has 16 heavy (non-hydrogen) atoms. The number of nitrogens with one attached hydrogen (secondary N) is 2. The molecule has 0 aliphatic carbocycles. The van der Waals surface area contributed by atoms with E-state index < -0.39 is 0 Å². The SMILES string of the molecule is CC(C)(C)NCc1cc2cccc(F)c2[nH]1. The number of rotatable bonds is 2. The van der Waals surface area contributed by atoms with Gasteiger partial charge in [0.2, 0.25) is 0 Å². The summed E-state index contributed by atoms with van der Waals surface area (Å²) in [5, 5.41) is 4.29. The van der Waals surface area contributed by atoms with Crippen LogP contribution in [0.5, 0.6) is 0 Å². The number of aromatic nitrogens is 1. The predicted molar refractivity (Wildman–Crippen MR) is 64.8 cm³/mol. The van der Waals surface area contributed by atoms with Gasteiger partial charge in [0.1, 0.15) is 5.82 Å². The van der Waals surface area contributed by atoms with Gasteiger partial charge in [-0.25, -0.2) is 4.39 Å². The number of fused-ring (bicyclic) bond motifs is 1. The maximum Gasteiger partial charge on any atom is 0.147 e. The second kappa shape index (κ2) is 3.91. The number of aromatic amines is 1. The lowest BCUT2D eigenvalue weighted by atomic mass is 10.1. The fourth-order valence-electron chi connectivity index (χ4n) is 1.63. The average Bonchev–Trinajstić information content (AvgIpc) is 2.58. The fraction of sp³-hybridized carbons (Fsp3) is 0.385. The molecule has 1 heterocycles. The van der Waals surface area contributed by atoms with Gasteiger partial charge in [-0.15, -0.1) is 0 Å². The second-order valence-electron chi connectivity index (χ2n) is 5.10. The Hall–Kier alpha value is -1.35. The van der Waals surface area contributed by atoms with Gasteiger partial charge in [-0.05, 0) is 32.9 Å². The van der Waals surface area contributed by atoms with Gasteiger partial charge in [0, 0.05) is 23.2 Å². The standard InChI is InChI=1S/C13H17FN2/c1-13(2,3)15-8-10-7-9-5-4-6-11(14)12(9)16-10/h4-7,15-16H,8H2,1-3H3. The minimum Gasteiger partial charge on any atom is -0.355 e. The van der Waals surface area contributed by atoms with Crippen LogP contribution in [0.2, 0.25) is 0 Å². The van der Waals surface area contributed by atoms with E-state index in [-0.39, 0.29) is 11.4 Å². The van der Waals surface area contributed by atoms with Gasteiger partial charge in [0.25, 0.3) is 0 Å². The van der Waals surface area contributed by atoms with Gasteiger partial charge in [-0.3, -0.25) is 0 Å². The van der Waals surface area contributed by atoms with Gasteiger partial charge >= 0.3 is 0 Å². The predicted octanol–water partition coefficient (Wildman–Crippen LogP) is 3.20. The van der Waals surface area contributed by atoms with E-state index in [4.69, 9.17) is 0 Å². The molecule has 2 nitrogen and oxygen atoms in total. The summed E-state index contributed by atoms with van der Waals surface area (Å²) in [6, 6.07) is 7.10. The lowest BCUT2D eigenvalue weighted by Gasteiger charge is -2.19. The molecule has 0 fully saturated rings. The fourth-order valence-corrected chi connectivity index (χ4v) is 1.63. The summed E-state index contributed by atoms with van der Waals surface area (Å²) in [5.41, 5.74) is 1.67. The normalized spacial score (nSPS) is 12.2. The molecular formula is C13H17FN2. The quantitative estimate of drug-likeness (QED) is 0.799. The van der Waals surface area contributed by atoms with Crippen molar-refractivity contribution in [3.05, 3.63) is 35.8 Å². The van der Waals surface area contributed by atoms with E-state index in [1.165, 1.54) is 6.07 Å². The van der Waals surface area contributed by atoms with Crippen molar-refractivity contribution >= 4 is 10.9 Å². The first-order chi connectivity index (χ1) is 7.46. The van der Waals surface area contributed by atoms with Crippen molar-refractivity contribution in [3.8, 4) is 0 Å². The highest BCUT2D eigenvalue weighted by Crippen LogP contribution is 2.18. The van der Waals surface area contributed by atoms with Gasteiger partial charge < -0.3 is 10.3 Å². The summed E-state index contributed by atoms with van der Waals surface area (Å²) in [6.07, 6.45) is 0. The third kappa shape index (κ3) is 2.42. The van der Waals surface area contributed by atoms with Crippen molar-refractivity contribution in [1.29, 1.82) is 0 Å². The van der Waals surface area contributed by atoms with E-state index >= 15 is 0 Å². The molecule has 1 aromatic carbocycles. The molecule has 2 N–H and O–H groups in total. The van der Waals surface area contributed by atoms with E-state index in [0.717, 1.165) is 17.6 Å². The molecule has 3 heteroatoms. The molecule has 0 spiro atoms. The molecule has 86 valence electrons. The number of para-hydroxylation sites is 1. The molecule has 0 saturated heterocycles. The van der Waals surface area contributed by atoms with Crippen molar-refractivity contribution in [2.45, 2.75) is 32.9 Å². The van der Waals surface area contributed by atoms with Gasteiger partial charge in [0.15, 0.2) is 0 Å². The van der Waals surface area contributed by atoms with Crippen LogP contribution in [0.4, 0.5) is 4.39 Å². The van der Waals surface area contributed by atoms with Crippen molar-refractivity contribution in [2.75, 3.05) is 0 Å². The van der Waals surface area contributed by atoms with Crippen molar-refractivity contribution in [3.63, 3.8) is 0 Å². The molecule has 0 aliphatic heterocycles. The highest BCUT2D eigenvalue weighted by molar-refractivity contribution is 5.80. The van der Waals surface area contributed by atoms with Crippen LogP contribution in [0.15, 0.2) is 24.3 Å². The summed E-state index contributed by atoms with van der Waals surface area (Å²) >= 11 is 0. The van der Waals surface area contributed by atoms with Crippen molar-refractivity contribution < 1.29 is 4.39 Å². The lowest BCUT2D eigenvalue weighted by molar-refractivity contribution is 0.422. The monoisotopic (exact) mass is 220 g/mol. The first kappa shape index (κ1) is 11.1. The Kier molecular flexibility index (Phi) is 2.72. The number of benzene rings is 1. The van der Waals surface area contributed by atoms with Crippen LogP contribution in [0, 0.1) is 5.82 Å². The number of hydrogen-bond acceptors (Lipinski definition) is 1. The highest BCUT2D eigenvalue weighted by Gasteiger charge is 2.10. The molecule has 2 aromatic rings. The van der Waals surface area contributed by atoms with Crippen LogP contribution in [-0.4, -0.2) is 10.5 Å². The van der Waals surface area contributed by atoms with Crippen LogP contribution in [-0.2, 0) is 6.54 Å².